The Morgan fingerprint density at radius 2 is 1.76 bits per heavy atom. The number of amides is 3. The van der Waals surface area contributed by atoms with Crippen molar-refractivity contribution in [2.45, 2.75) is 37.4 Å². The maximum absolute atomic E-state index is 13.1. The van der Waals surface area contributed by atoms with E-state index in [1.165, 1.54) is 4.90 Å². The lowest BCUT2D eigenvalue weighted by Gasteiger charge is -2.35. The molecule has 3 heterocycles. The average molecular weight is 489 g/mol. The molecule has 0 aliphatic carbocycles. The number of fused-ring (bicyclic) bond motifs is 1. The minimum Gasteiger partial charge on any atom is -0.496 e. The SMILES string of the molecule is [B]c1cc(C([B])Oc2cccc3c2CN(C2CCC(=O)NC2=O)C3=O)cc([B])c1C([B])N1CCOCC1. The van der Waals surface area contributed by atoms with Gasteiger partial charge >= 0.3 is 0 Å². The van der Waals surface area contributed by atoms with E-state index in [2.05, 4.69) is 10.2 Å². The van der Waals surface area contributed by atoms with Crippen LogP contribution >= 0.6 is 0 Å². The van der Waals surface area contributed by atoms with E-state index >= 15 is 0 Å². The fraction of sp³-hybridized carbons (Fsp3) is 0.400. The highest BCUT2D eigenvalue weighted by Crippen LogP contribution is 2.35. The van der Waals surface area contributed by atoms with Crippen LogP contribution in [0.5, 0.6) is 5.75 Å². The number of hydrogen-bond acceptors (Lipinski definition) is 6. The molecule has 3 atom stereocenters. The van der Waals surface area contributed by atoms with Gasteiger partial charge in [-0.05, 0) is 30.1 Å². The van der Waals surface area contributed by atoms with Crippen LogP contribution in [0.4, 0.5) is 0 Å². The van der Waals surface area contributed by atoms with Crippen molar-refractivity contribution in [3.05, 3.63) is 52.6 Å². The van der Waals surface area contributed by atoms with Crippen LogP contribution in [0.15, 0.2) is 30.3 Å². The highest BCUT2D eigenvalue weighted by atomic mass is 16.5. The summed E-state index contributed by atoms with van der Waals surface area (Å²) in [5.74, 6) is -1.16. The lowest BCUT2D eigenvalue weighted by Crippen LogP contribution is -2.52. The minimum atomic E-state index is -0.926. The predicted octanol–water partition coefficient (Wildman–Crippen LogP) is -1.22. The van der Waals surface area contributed by atoms with E-state index in [9.17, 15) is 14.4 Å². The summed E-state index contributed by atoms with van der Waals surface area (Å²) in [4.78, 5) is 40.5. The number of nitrogens with one attached hydrogen (secondary N) is 1. The van der Waals surface area contributed by atoms with E-state index in [1.807, 2.05) is 0 Å². The zero-order valence-corrected chi connectivity index (χ0v) is 20.3. The van der Waals surface area contributed by atoms with Gasteiger partial charge in [-0.2, -0.15) is 0 Å². The van der Waals surface area contributed by atoms with Gasteiger partial charge in [0.05, 0.1) is 33.6 Å². The van der Waals surface area contributed by atoms with Crippen LogP contribution in [0.1, 0.15) is 51.8 Å². The van der Waals surface area contributed by atoms with E-state index in [1.54, 1.807) is 30.3 Å². The smallest absolute Gasteiger partial charge is 0.255 e. The topological polar surface area (TPSA) is 88.2 Å². The first-order valence-corrected chi connectivity index (χ1v) is 12.2. The molecule has 2 fully saturated rings. The summed E-state index contributed by atoms with van der Waals surface area (Å²) >= 11 is 0. The maximum atomic E-state index is 13.1. The van der Waals surface area contributed by atoms with Gasteiger partial charge in [-0.15, -0.1) is 0 Å². The van der Waals surface area contributed by atoms with Gasteiger partial charge < -0.3 is 19.3 Å². The third kappa shape index (κ3) is 4.97. The molecule has 0 aromatic heterocycles. The number of ether oxygens (including phenoxy) is 2. The molecule has 8 radical (unpaired) electrons. The molecule has 3 unspecified atom stereocenters. The number of nitrogens with zero attached hydrogens (tertiary/aromatic N) is 2. The molecule has 3 aliphatic heterocycles. The number of piperidine rings is 1. The molecule has 2 aromatic rings. The Labute approximate surface area is 221 Å². The summed E-state index contributed by atoms with van der Waals surface area (Å²) in [6.45, 7) is 2.71. The normalized spacial score (nSPS) is 21.9. The Morgan fingerprint density at radius 3 is 2.43 bits per heavy atom. The Morgan fingerprint density at radius 1 is 1.05 bits per heavy atom. The van der Waals surface area contributed by atoms with Gasteiger partial charge in [-0.3, -0.25) is 19.7 Å². The van der Waals surface area contributed by atoms with Crippen molar-refractivity contribution in [3.8, 4) is 5.75 Å². The van der Waals surface area contributed by atoms with E-state index in [-0.39, 0.29) is 31.2 Å². The van der Waals surface area contributed by atoms with Crippen molar-refractivity contribution >= 4 is 60.0 Å². The molecule has 0 bridgehead atoms. The molecule has 37 heavy (non-hydrogen) atoms. The summed E-state index contributed by atoms with van der Waals surface area (Å²) in [6.07, 6.45) is 0.455. The zero-order chi connectivity index (χ0) is 26.3. The van der Waals surface area contributed by atoms with Crippen LogP contribution in [-0.4, -0.2) is 91.3 Å². The fourth-order valence-electron chi connectivity index (χ4n) is 5.14. The van der Waals surface area contributed by atoms with Gasteiger partial charge in [0.1, 0.15) is 35.3 Å². The van der Waals surface area contributed by atoms with Crippen molar-refractivity contribution in [2.24, 2.45) is 0 Å². The largest absolute Gasteiger partial charge is 0.496 e. The lowest BCUT2D eigenvalue weighted by atomic mass is 9.70. The van der Waals surface area contributed by atoms with Gasteiger partial charge in [0, 0.05) is 30.6 Å². The van der Waals surface area contributed by atoms with Crippen LogP contribution in [-0.2, 0) is 20.9 Å². The van der Waals surface area contributed by atoms with Crippen LogP contribution < -0.4 is 21.0 Å². The lowest BCUT2D eigenvalue weighted by molar-refractivity contribution is -0.136. The summed E-state index contributed by atoms with van der Waals surface area (Å²) in [5, 5.41) is 2.30. The summed E-state index contributed by atoms with van der Waals surface area (Å²) < 4.78 is 11.5. The highest BCUT2D eigenvalue weighted by molar-refractivity contribution is 6.41. The number of carbonyl (C=O) groups is 3. The van der Waals surface area contributed by atoms with Crippen molar-refractivity contribution < 1.29 is 23.9 Å². The number of morpholine rings is 1. The molecular weight excluding hydrogens is 466 g/mol. The van der Waals surface area contributed by atoms with Crippen LogP contribution in [0.25, 0.3) is 0 Å². The molecule has 3 aliphatic rings. The third-order valence-corrected chi connectivity index (χ3v) is 7.12. The Hall–Kier alpha value is -2.97. The van der Waals surface area contributed by atoms with Crippen molar-refractivity contribution in [2.75, 3.05) is 26.3 Å². The molecule has 2 aromatic carbocycles. The van der Waals surface area contributed by atoms with Crippen LogP contribution in [0.2, 0.25) is 0 Å². The molecule has 3 amide bonds. The number of imide groups is 1. The van der Waals surface area contributed by atoms with Gasteiger partial charge in [0.25, 0.3) is 5.91 Å². The average Bonchev–Trinajstić information content (AvgIpc) is 3.21. The summed E-state index contributed by atoms with van der Waals surface area (Å²) in [6, 6.07) is 6.84. The van der Waals surface area contributed by atoms with Gasteiger partial charge in [-0.1, -0.05) is 34.7 Å². The Kier molecular flexibility index (Phi) is 7.23. The zero-order valence-electron chi connectivity index (χ0n) is 20.3. The van der Waals surface area contributed by atoms with Crippen molar-refractivity contribution in [1.82, 2.24) is 15.1 Å². The molecule has 2 saturated heterocycles. The first-order valence-electron chi connectivity index (χ1n) is 12.2. The van der Waals surface area contributed by atoms with E-state index < -0.39 is 23.9 Å². The van der Waals surface area contributed by atoms with E-state index in [0.29, 0.717) is 65.2 Å². The molecule has 0 saturated carbocycles. The number of hydrogen-bond donors (Lipinski definition) is 1. The predicted molar refractivity (Wildman–Crippen MR) is 140 cm³/mol. The van der Waals surface area contributed by atoms with Crippen LogP contribution in [0, 0.1) is 0 Å². The van der Waals surface area contributed by atoms with E-state index in [4.69, 9.17) is 40.9 Å². The van der Waals surface area contributed by atoms with Gasteiger partial charge in [0.2, 0.25) is 11.8 Å². The van der Waals surface area contributed by atoms with Crippen molar-refractivity contribution in [3.63, 3.8) is 0 Å². The Bertz CT molecular complexity index is 1230. The second kappa shape index (κ2) is 10.4. The standard InChI is InChI=1S/C25H23B4N3O5/c26-16-10-13(11-17(27)21(16)22(28)31-6-8-36-9-7-31)23(29)37-19-3-1-2-14-15(19)12-32(25(14)35)18-4-5-20(33)30-24(18)34/h1-3,10-11,18,22-23H,4-9,12H2,(H,30,33,34). The second-order valence-electron chi connectivity index (χ2n) is 9.43. The maximum Gasteiger partial charge on any atom is 0.255 e. The monoisotopic (exact) mass is 489 g/mol. The number of benzene rings is 2. The summed E-state index contributed by atoms with van der Waals surface area (Å²) in [7, 11) is 25.5. The number of rotatable bonds is 6. The first-order chi connectivity index (χ1) is 17.7. The molecular formula is C25H23B4N3O5. The fourth-order valence-corrected chi connectivity index (χ4v) is 5.14. The second-order valence-corrected chi connectivity index (χ2v) is 9.43. The quantitative estimate of drug-likeness (QED) is 0.405. The van der Waals surface area contributed by atoms with Crippen molar-refractivity contribution in [1.29, 1.82) is 0 Å². The molecule has 8 nitrogen and oxygen atoms in total. The number of carbonyl (C=O) groups excluding carboxylic acids is 3. The molecule has 5 rings (SSSR count). The highest BCUT2D eigenvalue weighted by Gasteiger charge is 2.40. The minimum absolute atomic E-state index is 0.168. The van der Waals surface area contributed by atoms with Crippen LogP contribution in [0.3, 0.4) is 0 Å². The molecule has 180 valence electrons. The summed E-state index contributed by atoms with van der Waals surface area (Å²) in [5.41, 5.74) is 3.05. The van der Waals surface area contributed by atoms with E-state index in [0.717, 1.165) is 0 Å². The first kappa shape index (κ1) is 25.7. The molecule has 1 N–H and O–H groups in total. The third-order valence-electron chi connectivity index (χ3n) is 7.12. The molecule has 0 spiro atoms. The Balaban J connectivity index is 1.34. The van der Waals surface area contributed by atoms with Gasteiger partial charge in [0.15, 0.2) is 0 Å². The molecule has 12 heteroatoms. The van der Waals surface area contributed by atoms with Gasteiger partial charge in [-0.25, -0.2) is 0 Å².